The number of ether oxygens (including phenoxy) is 1. The smallest absolute Gasteiger partial charge is 0.261 e. The zero-order chi connectivity index (χ0) is 20.4. The monoisotopic (exact) mass is 394 g/mol. The van der Waals surface area contributed by atoms with Crippen LogP contribution in [-0.4, -0.2) is 63.8 Å². The molecule has 3 heterocycles. The molecule has 1 aliphatic heterocycles. The molecule has 0 N–H and O–H groups in total. The minimum absolute atomic E-state index is 0.0409. The fourth-order valence-corrected chi connectivity index (χ4v) is 3.30. The number of hydrogen-bond acceptors (Lipinski definition) is 7. The quantitative estimate of drug-likeness (QED) is 0.636. The molecule has 150 valence electrons. The second-order valence-corrected chi connectivity index (χ2v) is 7.19. The number of rotatable bonds is 5. The lowest BCUT2D eigenvalue weighted by Crippen LogP contribution is -2.36. The summed E-state index contributed by atoms with van der Waals surface area (Å²) in [6, 6.07) is 10.7. The summed E-state index contributed by atoms with van der Waals surface area (Å²) in [4.78, 5) is 33.1. The average molecular weight is 394 g/mol. The van der Waals surface area contributed by atoms with E-state index in [1.165, 1.54) is 10.9 Å². The normalized spacial score (nSPS) is 16.2. The van der Waals surface area contributed by atoms with Crippen LogP contribution >= 0.6 is 0 Å². The minimum Gasteiger partial charge on any atom is -0.471 e. The Kier molecular flexibility index (Phi) is 5.11. The van der Waals surface area contributed by atoms with Gasteiger partial charge in [-0.2, -0.15) is 0 Å². The molecule has 9 heteroatoms. The number of amides is 1. The standard InChI is InChI=1S/C20H22N6O3/c1-24(2)17-7-8-18(23-22-17)29-14-9-10-25(11-14)19(27)12-26-13-21-16-6-4-3-5-15(16)20(26)28/h3-8,13-14H,9-12H2,1-2H3. The topological polar surface area (TPSA) is 93.5 Å². The number of hydrogen-bond donors (Lipinski definition) is 0. The molecule has 29 heavy (non-hydrogen) atoms. The molecule has 1 amide bonds. The molecule has 3 aromatic rings. The zero-order valence-electron chi connectivity index (χ0n) is 16.4. The molecule has 1 fully saturated rings. The molecule has 9 nitrogen and oxygen atoms in total. The first kappa shape index (κ1) is 18.9. The number of carbonyl (C=O) groups is 1. The Bertz CT molecular complexity index is 1080. The SMILES string of the molecule is CN(C)c1ccc(OC2CCN(C(=O)Cn3cnc4ccccc4c3=O)C2)nn1. The summed E-state index contributed by atoms with van der Waals surface area (Å²) >= 11 is 0. The lowest BCUT2D eigenvalue weighted by atomic mass is 10.2. The maximum atomic E-state index is 12.7. The number of benzene rings is 1. The van der Waals surface area contributed by atoms with E-state index in [0.717, 1.165) is 5.82 Å². The van der Waals surface area contributed by atoms with E-state index in [2.05, 4.69) is 15.2 Å². The van der Waals surface area contributed by atoms with Crippen LogP contribution in [0.15, 0.2) is 47.5 Å². The van der Waals surface area contributed by atoms with Gasteiger partial charge in [-0.1, -0.05) is 12.1 Å². The number of fused-ring (bicyclic) bond motifs is 1. The van der Waals surface area contributed by atoms with E-state index in [9.17, 15) is 9.59 Å². The van der Waals surface area contributed by atoms with Gasteiger partial charge in [0.1, 0.15) is 12.6 Å². The fraction of sp³-hybridized carbons (Fsp3) is 0.350. The van der Waals surface area contributed by atoms with Gasteiger partial charge in [0.25, 0.3) is 5.56 Å². The zero-order valence-corrected chi connectivity index (χ0v) is 16.4. The molecule has 0 radical (unpaired) electrons. The van der Waals surface area contributed by atoms with Gasteiger partial charge in [0.2, 0.25) is 11.8 Å². The molecule has 0 aliphatic carbocycles. The Morgan fingerprint density at radius 3 is 2.79 bits per heavy atom. The summed E-state index contributed by atoms with van der Waals surface area (Å²) < 4.78 is 7.21. The molecule has 0 bridgehead atoms. The van der Waals surface area contributed by atoms with Crippen molar-refractivity contribution < 1.29 is 9.53 Å². The lowest BCUT2D eigenvalue weighted by Gasteiger charge is -2.18. The Morgan fingerprint density at radius 2 is 2.03 bits per heavy atom. The lowest BCUT2D eigenvalue weighted by molar-refractivity contribution is -0.131. The van der Waals surface area contributed by atoms with Crippen molar-refractivity contribution in [2.24, 2.45) is 0 Å². The number of anilines is 1. The van der Waals surface area contributed by atoms with E-state index in [-0.39, 0.29) is 24.1 Å². The highest BCUT2D eigenvalue weighted by Gasteiger charge is 2.28. The molecule has 1 atom stereocenters. The number of para-hydroxylation sites is 1. The van der Waals surface area contributed by atoms with E-state index in [4.69, 9.17) is 4.74 Å². The van der Waals surface area contributed by atoms with Crippen molar-refractivity contribution in [1.82, 2.24) is 24.6 Å². The average Bonchev–Trinajstić information content (AvgIpc) is 3.19. The largest absolute Gasteiger partial charge is 0.471 e. The first-order valence-corrected chi connectivity index (χ1v) is 9.41. The predicted molar refractivity (Wildman–Crippen MR) is 108 cm³/mol. The molecule has 1 aromatic carbocycles. The molecular formula is C20H22N6O3. The van der Waals surface area contributed by atoms with E-state index < -0.39 is 0 Å². The number of aromatic nitrogens is 4. The predicted octanol–water partition coefficient (Wildman–Crippen LogP) is 0.932. The Labute approximate surface area is 167 Å². The number of carbonyl (C=O) groups excluding carboxylic acids is 1. The molecule has 1 unspecified atom stereocenters. The van der Waals surface area contributed by atoms with Crippen LogP contribution < -0.4 is 15.2 Å². The second-order valence-electron chi connectivity index (χ2n) is 7.19. The van der Waals surface area contributed by atoms with Crippen LogP contribution in [-0.2, 0) is 11.3 Å². The number of nitrogens with zero attached hydrogens (tertiary/aromatic N) is 6. The van der Waals surface area contributed by atoms with Crippen molar-refractivity contribution in [3.05, 3.63) is 53.1 Å². The highest BCUT2D eigenvalue weighted by atomic mass is 16.5. The van der Waals surface area contributed by atoms with Crippen molar-refractivity contribution in [3.8, 4) is 5.88 Å². The van der Waals surface area contributed by atoms with Gasteiger partial charge in [-0.05, 0) is 18.2 Å². The summed E-state index contributed by atoms with van der Waals surface area (Å²) in [7, 11) is 3.78. The Hall–Kier alpha value is -3.49. The summed E-state index contributed by atoms with van der Waals surface area (Å²) in [6.45, 7) is 0.981. The van der Waals surface area contributed by atoms with Gasteiger partial charge in [-0.15, -0.1) is 10.2 Å². The Balaban J connectivity index is 1.38. The molecule has 2 aromatic heterocycles. The molecule has 1 saturated heterocycles. The van der Waals surface area contributed by atoms with Gasteiger partial charge in [-0.3, -0.25) is 14.2 Å². The van der Waals surface area contributed by atoms with Crippen LogP contribution in [0, 0.1) is 0 Å². The number of likely N-dealkylation sites (tertiary alicyclic amines) is 1. The van der Waals surface area contributed by atoms with Crippen molar-refractivity contribution >= 4 is 22.6 Å². The fourth-order valence-electron chi connectivity index (χ4n) is 3.30. The Morgan fingerprint density at radius 1 is 1.21 bits per heavy atom. The molecule has 1 aliphatic rings. The molecular weight excluding hydrogens is 372 g/mol. The van der Waals surface area contributed by atoms with Crippen LogP contribution in [0.4, 0.5) is 5.82 Å². The van der Waals surface area contributed by atoms with E-state index in [1.54, 1.807) is 29.2 Å². The highest BCUT2D eigenvalue weighted by molar-refractivity contribution is 5.79. The van der Waals surface area contributed by atoms with Crippen LogP contribution in [0.1, 0.15) is 6.42 Å². The highest BCUT2D eigenvalue weighted by Crippen LogP contribution is 2.18. The van der Waals surface area contributed by atoms with E-state index in [1.807, 2.05) is 31.1 Å². The maximum absolute atomic E-state index is 12.7. The van der Waals surface area contributed by atoms with Gasteiger partial charge >= 0.3 is 0 Å². The molecule has 4 rings (SSSR count). The first-order valence-electron chi connectivity index (χ1n) is 9.41. The molecule has 0 spiro atoms. The van der Waals surface area contributed by atoms with Gasteiger partial charge in [0.05, 0.1) is 23.8 Å². The van der Waals surface area contributed by atoms with Crippen LogP contribution in [0.3, 0.4) is 0 Å². The van der Waals surface area contributed by atoms with E-state index in [0.29, 0.717) is 36.3 Å². The molecule has 0 saturated carbocycles. The van der Waals surface area contributed by atoms with Gasteiger partial charge in [-0.25, -0.2) is 4.98 Å². The van der Waals surface area contributed by atoms with Gasteiger partial charge in [0.15, 0.2) is 5.82 Å². The second kappa shape index (κ2) is 7.86. The third-order valence-electron chi connectivity index (χ3n) is 4.91. The van der Waals surface area contributed by atoms with Crippen LogP contribution in [0.25, 0.3) is 10.9 Å². The van der Waals surface area contributed by atoms with Crippen molar-refractivity contribution in [2.75, 3.05) is 32.1 Å². The maximum Gasteiger partial charge on any atom is 0.261 e. The van der Waals surface area contributed by atoms with Gasteiger partial charge < -0.3 is 14.5 Å². The van der Waals surface area contributed by atoms with Crippen molar-refractivity contribution in [1.29, 1.82) is 0 Å². The van der Waals surface area contributed by atoms with Crippen LogP contribution in [0.2, 0.25) is 0 Å². The van der Waals surface area contributed by atoms with Gasteiger partial charge in [0, 0.05) is 33.1 Å². The van der Waals surface area contributed by atoms with Crippen molar-refractivity contribution in [3.63, 3.8) is 0 Å². The summed E-state index contributed by atoms with van der Waals surface area (Å²) in [5.74, 6) is 1.05. The first-order chi connectivity index (χ1) is 14.0. The third kappa shape index (κ3) is 4.03. The summed E-state index contributed by atoms with van der Waals surface area (Å²) in [5, 5.41) is 8.67. The third-order valence-corrected chi connectivity index (χ3v) is 4.91. The summed E-state index contributed by atoms with van der Waals surface area (Å²) in [5.41, 5.74) is 0.407. The van der Waals surface area contributed by atoms with E-state index >= 15 is 0 Å². The summed E-state index contributed by atoms with van der Waals surface area (Å²) in [6.07, 6.45) is 1.98. The van der Waals surface area contributed by atoms with Crippen LogP contribution in [0.5, 0.6) is 5.88 Å². The minimum atomic E-state index is -0.216. The van der Waals surface area contributed by atoms with Crippen molar-refractivity contribution in [2.45, 2.75) is 19.1 Å².